The van der Waals surface area contributed by atoms with Crippen molar-refractivity contribution >= 4 is 40.2 Å². The zero-order valence-electron chi connectivity index (χ0n) is 12.9. The molecule has 1 rings (SSSR count). The molecule has 1 aliphatic rings. The van der Waals surface area contributed by atoms with E-state index >= 15 is 0 Å². The monoisotopic (exact) mass is 410 g/mol. The Morgan fingerprint density at radius 1 is 1.16 bits per heavy atom. The van der Waals surface area contributed by atoms with Crippen LogP contribution in [-0.2, 0) is 4.43 Å². The Bertz CT molecular complexity index is 309. The van der Waals surface area contributed by atoms with Crippen LogP contribution in [0.4, 0.5) is 0 Å². The average Bonchev–Trinajstić information content (AvgIpc) is 2.26. The zero-order chi connectivity index (χ0) is 14.7. The van der Waals surface area contributed by atoms with Crippen LogP contribution in [-0.4, -0.2) is 14.9 Å². The summed E-state index contributed by atoms with van der Waals surface area (Å²) in [4.78, 5) is 0. The maximum Gasteiger partial charge on any atom is 0.191 e. The number of halogens is 2. The van der Waals surface area contributed by atoms with E-state index in [1.807, 2.05) is 0 Å². The molecule has 0 heterocycles. The largest absolute Gasteiger partial charge is 0.417 e. The van der Waals surface area contributed by atoms with E-state index in [2.05, 4.69) is 71.8 Å². The van der Waals surface area contributed by atoms with Crippen LogP contribution < -0.4 is 0 Å². The molecule has 0 aromatic heterocycles. The third kappa shape index (κ3) is 6.02. The summed E-state index contributed by atoms with van der Waals surface area (Å²) in [5, 5.41) is 0.327. The molecule has 1 saturated carbocycles. The fourth-order valence-electron chi connectivity index (χ4n) is 2.24. The van der Waals surface area contributed by atoms with E-state index in [0.29, 0.717) is 5.04 Å². The van der Waals surface area contributed by atoms with Gasteiger partial charge < -0.3 is 4.43 Å². The molecule has 0 saturated heterocycles. The van der Waals surface area contributed by atoms with Crippen molar-refractivity contribution in [1.82, 2.24) is 0 Å². The van der Waals surface area contributed by atoms with Gasteiger partial charge in [-0.3, -0.25) is 0 Å². The quantitative estimate of drug-likeness (QED) is 0.483. The molecule has 0 atom stereocenters. The number of allylic oxidation sites excluding steroid dienone is 1. The SMILES string of the molecule is CC(C)(C)[Si](C)(C)OCC1CCC(C=C(Br)Br)CC1. The van der Waals surface area contributed by atoms with E-state index < -0.39 is 8.32 Å². The van der Waals surface area contributed by atoms with Crippen molar-refractivity contribution in [1.29, 1.82) is 0 Å². The molecule has 0 aromatic rings. The fraction of sp³-hybridized carbons (Fsp3) is 0.867. The molecule has 1 fully saturated rings. The van der Waals surface area contributed by atoms with E-state index in [-0.39, 0.29) is 0 Å². The van der Waals surface area contributed by atoms with Crippen LogP contribution in [0.1, 0.15) is 46.5 Å². The Balaban J connectivity index is 2.36. The van der Waals surface area contributed by atoms with Crippen molar-refractivity contribution in [2.75, 3.05) is 6.61 Å². The maximum absolute atomic E-state index is 6.35. The zero-order valence-corrected chi connectivity index (χ0v) is 17.1. The minimum atomic E-state index is -1.56. The average molecular weight is 412 g/mol. The normalized spacial score (nSPS) is 25.2. The summed E-state index contributed by atoms with van der Waals surface area (Å²) >= 11 is 6.92. The van der Waals surface area contributed by atoms with Crippen molar-refractivity contribution < 1.29 is 4.43 Å². The van der Waals surface area contributed by atoms with E-state index in [1.165, 1.54) is 25.7 Å². The molecule has 0 amide bonds. The lowest BCUT2D eigenvalue weighted by atomic mass is 9.82. The summed E-state index contributed by atoms with van der Waals surface area (Å²) in [6, 6.07) is 0. The predicted molar refractivity (Wildman–Crippen MR) is 94.5 cm³/mol. The molecule has 0 N–H and O–H groups in total. The van der Waals surface area contributed by atoms with Gasteiger partial charge in [-0.2, -0.15) is 0 Å². The molecule has 0 aromatic carbocycles. The van der Waals surface area contributed by atoms with Gasteiger partial charge in [0.05, 0.1) is 3.39 Å². The van der Waals surface area contributed by atoms with Crippen molar-refractivity contribution in [2.45, 2.75) is 64.6 Å². The van der Waals surface area contributed by atoms with Crippen LogP contribution in [0.5, 0.6) is 0 Å². The minimum Gasteiger partial charge on any atom is -0.417 e. The molecule has 0 unspecified atom stereocenters. The molecule has 4 heteroatoms. The molecular formula is C15H28Br2OSi. The summed E-state index contributed by atoms with van der Waals surface area (Å²) in [6.45, 7) is 12.6. The summed E-state index contributed by atoms with van der Waals surface area (Å²) in [7, 11) is -1.56. The van der Waals surface area contributed by atoms with Gasteiger partial charge in [0.25, 0.3) is 0 Å². The number of hydrogen-bond donors (Lipinski definition) is 0. The maximum atomic E-state index is 6.35. The molecule has 1 nitrogen and oxygen atoms in total. The Kier molecular flexibility index (Phi) is 6.83. The Morgan fingerprint density at radius 2 is 1.68 bits per heavy atom. The Hall–Kier alpha value is 0.877. The van der Waals surface area contributed by atoms with Crippen molar-refractivity contribution in [3.8, 4) is 0 Å². The Morgan fingerprint density at radius 3 is 2.11 bits per heavy atom. The van der Waals surface area contributed by atoms with Crippen LogP contribution >= 0.6 is 31.9 Å². The van der Waals surface area contributed by atoms with Crippen LogP contribution in [0.15, 0.2) is 9.47 Å². The summed E-state index contributed by atoms with van der Waals surface area (Å²) in [5.41, 5.74) is 0. The van der Waals surface area contributed by atoms with Gasteiger partial charge in [-0.05, 0) is 87.5 Å². The third-order valence-electron chi connectivity index (χ3n) is 4.74. The smallest absolute Gasteiger partial charge is 0.191 e. The van der Waals surface area contributed by atoms with Gasteiger partial charge in [-0.25, -0.2) is 0 Å². The highest BCUT2D eigenvalue weighted by atomic mass is 79.9. The van der Waals surface area contributed by atoms with E-state index in [4.69, 9.17) is 4.43 Å². The number of rotatable bonds is 4. The van der Waals surface area contributed by atoms with E-state index in [9.17, 15) is 0 Å². The summed E-state index contributed by atoms with van der Waals surface area (Å²) in [6.07, 6.45) is 7.51. The first-order valence-corrected chi connectivity index (χ1v) is 11.8. The lowest BCUT2D eigenvalue weighted by molar-refractivity contribution is 0.181. The second-order valence-electron chi connectivity index (χ2n) is 7.31. The standard InChI is InChI=1S/C15H28Br2OSi/c1-15(2,3)19(4,5)18-11-13-8-6-12(7-9-13)10-14(16)17/h10,12-13H,6-9,11H2,1-5H3. The van der Waals surface area contributed by atoms with Gasteiger partial charge >= 0.3 is 0 Å². The van der Waals surface area contributed by atoms with Crippen LogP contribution in [0.3, 0.4) is 0 Å². The summed E-state index contributed by atoms with van der Waals surface area (Å²) < 4.78 is 7.45. The van der Waals surface area contributed by atoms with Gasteiger partial charge in [-0.1, -0.05) is 26.8 Å². The minimum absolute atomic E-state index is 0.327. The van der Waals surface area contributed by atoms with Crippen molar-refractivity contribution in [2.24, 2.45) is 11.8 Å². The third-order valence-corrected chi connectivity index (χ3v) is 9.77. The Labute approximate surface area is 137 Å². The highest BCUT2D eigenvalue weighted by molar-refractivity contribution is 9.28. The molecule has 0 bridgehead atoms. The van der Waals surface area contributed by atoms with Gasteiger partial charge in [-0.15, -0.1) is 0 Å². The van der Waals surface area contributed by atoms with Gasteiger partial charge in [0.1, 0.15) is 0 Å². The number of hydrogen-bond acceptors (Lipinski definition) is 1. The first kappa shape index (κ1) is 17.9. The molecule has 0 aliphatic heterocycles. The van der Waals surface area contributed by atoms with E-state index in [0.717, 1.165) is 21.8 Å². The molecule has 112 valence electrons. The predicted octanol–water partition coefficient (Wildman–Crippen LogP) is 6.45. The second-order valence-corrected chi connectivity index (χ2v) is 14.9. The lowest BCUT2D eigenvalue weighted by Crippen LogP contribution is -2.42. The molecular weight excluding hydrogens is 384 g/mol. The lowest BCUT2D eigenvalue weighted by Gasteiger charge is -2.38. The molecule has 1 aliphatic carbocycles. The van der Waals surface area contributed by atoms with Crippen LogP contribution in [0.2, 0.25) is 18.1 Å². The van der Waals surface area contributed by atoms with Crippen LogP contribution in [0.25, 0.3) is 0 Å². The van der Waals surface area contributed by atoms with Crippen LogP contribution in [0, 0.1) is 11.8 Å². The van der Waals surface area contributed by atoms with Gasteiger partial charge in [0, 0.05) is 6.61 Å². The highest BCUT2D eigenvalue weighted by Gasteiger charge is 2.37. The van der Waals surface area contributed by atoms with Crippen molar-refractivity contribution in [3.63, 3.8) is 0 Å². The molecule has 0 spiro atoms. The summed E-state index contributed by atoms with van der Waals surface area (Å²) in [5.74, 6) is 1.51. The topological polar surface area (TPSA) is 9.23 Å². The van der Waals surface area contributed by atoms with Gasteiger partial charge in [0.15, 0.2) is 8.32 Å². The fourth-order valence-corrected chi connectivity index (χ4v) is 4.08. The highest BCUT2D eigenvalue weighted by Crippen LogP contribution is 2.38. The molecule has 19 heavy (non-hydrogen) atoms. The van der Waals surface area contributed by atoms with Crippen molar-refractivity contribution in [3.05, 3.63) is 9.47 Å². The van der Waals surface area contributed by atoms with Gasteiger partial charge in [0.2, 0.25) is 0 Å². The van der Waals surface area contributed by atoms with E-state index in [1.54, 1.807) is 0 Å². The molecule has 0 radical (unpaired) electrons. The second kappa shape index (κ2) is 7.23. The first-order valence-electron chi connectivity index (χ1n) is 7.28. The first-order chi connectivity index (χ1) is 8.62.